The number of carbonyl (C=O) groups is 2. The zero-order valence-corrected chi connectivity index (χ0v) is 9.30. The van der Waals surface area contributed by atoms with Crippen molar-refractivity contribution in [3.63, 3.8) is 0 Å². The van der Waals surface area contributed by atoms with E-state index in [4.69, 9.17) is 0 Å². The third-order valence-corrected chi connectivity index (χ3v) is 1.82. The number of nitrogens with zero attached hydrogens (tertiary/aromatic N) is 1. The first-order valence-electron chi connectivity index (χ1n) is 4.60. The number of halogens is 3. The molecule has 0 unspecified atom stereocenters. The molecule has 0 radical (unpaired) electrons. The SMILES string of the molecule is COC(=O)CN(C(=O)CC(F)(F)F)C(C)C. The highest BCUT2D eigenvalue weighted by molar-refractivity contribution is 5.82. The van der Waals surface area contributed by atoms with E-state index in [2.05, 4.69) is 4.74 Å². The van der Waals surface area contributed by atoms with Gasteiger partial charge in [0.15, 0.2) is 0 Å². The number of carbonyl (C=O) groups excluding carboxylic acids is 2. The lowest BCUT2D eigenvalue weighted by molar-refractivity contribution is -0.166. The van der Waals surface area contributed by atoms with Crippen LogP contribution in [0.4, 0.5) is 13.2 Å². The summed E-state index contributed by atoms with van der Waals surface area (Å²) in [6.45, 7) is 2.58. The van der Waals surface area contributed by atoms with Crippen molar-refractivity contribution in [1.82, 2.24) is 4.90 Å². The van der Waals surface area contributed by atoms with Crippen LogP contribution in [-0.2, 0) is 14.3 Å². The van der Waals surface area contributed by atoms with E-state index < -0.39 is 37.1 Å². The van der Waals surface area contributed by atoms with Crippen molar-refractivity contribution >= 4 is 11.9 Å². The summed E-state index contributed by atoms with van der Waals surface area (Å²) in [7, 11) is 1.11. The molecule has 0 heterocycles. The molecule has 0 aliphatic carbocycles. The van der Waals surface area contributed by atoms with Crippen molar-refractivity contribution in [2.75, 3.05) is 13.7 Å². The van der Waals surface area contributed by atoms with Gasteiger partial charge in [0, 0.05) is 6.04 Å². The molecular formula is C9H14F3NO3. The lowest BCUT2D eigenvalue weighted by Gasteiger charge is -2.25. The van der Waals surface area contributed by atoms with Crippen molar-refractivity contribution in [2.24, 2.45) is 0 Å². The molecular weight excluding hydrogens is 227 g/mol. The molecule has 0 aliphatic rings. The van der Waals surface area contributed by atoms with E-state index in [-0.39, 0.29) is 0 Å². The standard InChI is InChI=1S/C9H14F3NO3/c1-6(2)13(5-8(15)16-3)7(14)4-9(10,11)12/h6H,4-5H2,1-3H3. The zero-order valence-electron chi connectivity index (χ0n) is 9.30. The van der Waals surface area contributed by atoms with Gasteiger partial charge in [-0.3, -0.25) is 9.59 Å². The van der Waals surface area contributed by atoms with Gasteiger partial charge < -0.3 is 9.64 Å². The van der Waals surface area contributed by atoms with E-state index in [9.17, 15) is 22.8 Å². The van der Waals surface area contributed by atoms with Gasteiger partial charge in [-0.1, -0.05) is 0 Å². The van der Waals surface area contributed by atoms with Crippen LogP contribution in [0.2, 0.25) is 0 Å². The largest absolute Gasteiger partial charge is 0.468 e. The average molecular weight is 241 g/mol. The first-order chi connectivity index (χ1) is 7.17. The predicted molar refractivity (Wildman–Crippen MR) is 49.5 cm³/mol. The smallest absolute Gasteiger partial charge is 0.397 e. The number of hydrogen-bond donors (Lipinski definition) is 0. The second kappa shape index (κ2) is 5.72. The maximum Gasteiger partial charge on any atom is 0.397 e. The monoisotopic (exact) mass is 241 g/mol. The van der Waals surface area contributed by atoms with Gasteiger partial charge in [-0.2, -0.15) is 13.2 Å². The molecule has 7 heteroatoms. The Morgan fingerprint density at radius 1 is 1.31 bits per heavy atom. The molecule has 0 aromatic rings. The van der Waals surface area contributed by atoms with Gasteiger partial charge in [0.2, 0.25) is 5.91 Å². The minimum atomic E-state index is -4.57. The van der Waals surface area contributed by atoms with Crippen molar-refractivity contribution in [3.8, 4) is 0 Å². The van der Waals surface area contributed by atoms with Crippen LogP contribution in [0.25, 0.3) is 0 Å². The minimum absolute atomic E-state index is 0.469. The summed E-state index contributed by atoms with van der Waals surface area (Å²) in [6.07, 6.45) is -6.14. The minimum Gasteiger partial charge on any atom is -0.468 e. The van der Waals surface area contributed by atoms with E-state index >= 15 is 0 Å². The highest BCUT2D eigenvalue weighted by atomic mass is 19.4. The maximum atomic E-state index is 12.0. The molecule has 0 bridgehead atoms. The summed E-state index contributed by atoms with van der Waals surface area (Å²) in [4.78, 5) is 23.0. The summed E-state index contributed by atoms with van der Waals surface area (Å²) in [5, 5.41) is 0. The van der Waals surface area contributed by atoms with E-state index in [1.54, 1.807) is 0 Å². The number of amides is 1. The quantitative estimate of drug-likeness (QED) is 0.698. The second-order valence-corrected chi connectivity index (χ2v) is 3.48. The fraction of sp³-hybridized carbons (Fsp3) is 0.778. The van der Waals surface area contributed by atoms with E-state index in [0.29, 0.717) is 0 Å². The van der Waals surface area contributed by atoms with Crippen molar-refractivity contribution in [1.29, 1.82) is 0 Å². The maximum absolute atomic E-state index is 12.0. The Bertz CT molecular complexity index is 263. The van der Waals surface area contributed by atoms with Crippen molar-refractivity contribution in [3.05, 3.63) is 0 Å². The van der Waals surface area contributed by atoms with Crippen LogP contribution in [0, 0.1) is 0 Å². The molecule has 0 aromatic heterocycles. The van der Waals surface area contributed by atoms with Crippen LogP contribution >= 0.6 is 0 Å². The van der Waals surface area contributed by atoms with Crippen LogP contribution in [0.3, 0.4) is 0 Å². The van der Waals surface area contributed by atoms with Crippen LogP contribution in [0.15, 0.2) is 0 Å². The Labute approximate surface area is 91.4 Å². The molecule has 4 nitrogen and oxygen atoms in total. The van der Waals surface area contributed by atoms with Gasteiger partial charge >= 0.3 is 12.1 Å². The number of esters is 1. The van der Waals surface area contributed by atoms with Gasteiger partial charge in [0.1, 0.15) is 13.0 Å². The summed E-state index contributed by atoms with van der Waals surface area (Å²) < 4.78 is 40.3. The molecule has 94 valence electrons. The van der Waals surface area contributed by atoms with Crippen LogP contribution in [-0.4, -0.2) is 42.6 Å². The predicted octanol–water partition coefficient (Wildman–Crippen LogP) is 1.35. The number of alkyl halides is 3. The number of methoxy groups -OCH3 is 1. The highest BCUT2D eigenvalue weighted by Crippen LogP contribution is 2.21. The fourth-order valence-electron chi connectivity index (χ4n) is 1.04. The molecule has 0 aromatic carbocycles. The normalized spacial score (nSPS) is 11.4. The number of hydrogen-bond acceptors (Lipinski definition) is 3. The molecule has 0 atom stereocenters. The third-order valence-electron chi connectivity index (χ3n) is 1.82. The fourth-order valence-corrected chi connectivity index (χ4v) is 1.04. The lowest BCUT2D eigenvalue weighted by atomic mass is 10.2. The molecule has 0 saturated carbocycles. The average Bonchev–Trinajstić information content (AvgIpc) is 2.09. The van der Waals surface area contributed by atoms with Crippen molar-refractivity contribution in [2.45, 2.75) is 32.5 Å². The summed E-state index contributed by atoms with van der Waals surface area (Å²) >= 11 is 0. The highest BCUT2D eigenvalue weighted by Gasteiger charge is 2.34. The zero-order chi connectivity index (χ0) is 12.9. The van der Waals surface area contributed by atoms with E-state index in [1.165, 1.54) is 13.8 Å². The van der Waals surface area contributed by atoms with Crippen LogP contribution in [0.5, 0.6) is 0 Å². The van der Waals surface area contributed by atoms with E-state index in [0.717, 1.165) is 12.0 Å². The molecule has 0 aliphatic heterocycles. The summed E-state index contributed by atoms with van der Waals surface area (Å²) in [6, 6.07) is -0.492. The Hall–Kier alpha value is -1.27. The molecule has 0 spiro atoms. The first-order valence-corrected chi connectivity index (χ1v) is 4.60. The Morgan fingerprint density at radius 2 is 1.81 bits per heavy atom. The Kier molecular flexibility index (Phi) is 5.26. The van der Waals surface area contributed by atoms with Gasteiger partial charge in [-0.25, -0.2) is 0 Å². The molecule has 1 amide bonds. The number of ether oxygens (including phenoxy) is 1. The van der Waals surface area contributed by atoms with Crippen LogP contribution in [0.1, 0.15) is 20.3 Å². The molecule has 0 N–H and O–H groups in total. The van der Waals surface area contributed by atoms with Crippen LogP contribution < -0.4 is 0 Å². The molecule has 0 fully saturated rings. The van der Waals surface area contributed by atoms with Gasteiger partial charge in [0.05, 0.1) is 7.11 Å². The van der Waals surface area contributed by atoms with Gasteiger partial charge in [-0.15, -0.1) is 0 Å². The number of rotatable bonds is 4. The molecule has 16 heavy (non-hydrogen) atoms. The lowest BCUT2D eigenvalue weighted by Crippen LogP contribution is -2.42. The molecule has 0 rings (SSSR count). The summed E-state index contributed by atoms with van der Waals surface area (Å²) in [5.41, 5.74) is 0. The van der Waals surface area contributed by atoms with E-state index in [1.807, 2.05) is 0 Å². The van der Waals surface area contributed by atoms with Crippen molar-refractivity contribution < 1.29 is 27.5 Å². The van der Waals surface area contributed by atoms with Gasteiger partial charge in [-0.05, 0) is 13.8 Å². The first kappa shape index (κ1) is 14.7. The Balaban J connectivity index is 4.54. The summed E-state index contributed by atoms with van der Waals surface area (Å²) in [5.74, 6) is -1.88. The van der Waals surface area contributed by atoms with Gasteiger partial charge in [0.25, 0.3) is 0 Å². The second-order valence-electron chi connectivity index (χ2n) is 3.48. The topological polar surface area (TPSA) is 46.6 Å². The molecule has 0 saturated heterocycles. The third kappa shape index (κ3) is 5.57. The Morgan fingerprint density at radius 3 is 2.12 bits per heavy atom.